The number of fused-ring (bicyclic) bond motifs is 2. The molecule has 23 heavy (non-hydrogen) atoms. The van der Waals surface area contributed by atoms with Crippen LogP contribution in [0.15, 0.2) is 63.4 Å². The Labute approximate surface area is 144 Å². The molecule has 1 unspecified atom stereocenters. The Bertz CT molecular complexity index is 840. The maximum Gasteiger partial charge on any atom is 0.207 e. The van der Waals surface area contributed by atoms with Gasteiger partial charge in [-0.15, -0.1) is 11.8 Å². The fourth-order valence-corrected chi connectivity index (χ4v) is 3.42. The van der Waals surface area contributed by atoms with Crippen molar-refractivity contribution in [3.8, 4) is 5.75 Å². The van der Waals surface area contributed by atoms with Gasteiger partial charge in [0, 0.05) is 10.5 Å². The maximum atomic E-state index is 5.98. The highest BCUT2D eigenvalue weighted by molar-refractivity contribution is 7.98. The standard InChI is InChI=1S/C18H14N2OS2/c1-23-13-8-6-11(7-9-13)16-19-17-14(18(22)20-16)10-12-4-2-3-5-15(12)21-17/h2-9,14H,10H2,1H3. The van der Waals surface area contributed by atoms with Crippen LogP contribution >= 0.6 is 24.0 Å². The van der Waals surface area contributed by atoms with Crippen LogP contribution in [-0.4, -0.2) is 23.0 Å². The Morgan fingerprint density at radius 3 is 2.65 bits per heavy atom. The minimum absolute atomic E-state index is 0.0332. The zero-order valence-electron chi connectivity index (χ0n) is 12.5. The summed E-state index contributed by atoms with van der Waals surface area (Å²) in [6.07, 6.45) is 2.86. The van der Waals surface area contributed by atoms with Crippen molar-refractivity contribution in [2.75, 3.05) is 6.26 Å². The third kappa shape index (κ3) is 2.71. The van der Waals surface area contributed by atoms with Crippen molar-refractivity contribution in [2.45, 2.75) is 11.3 Å². The first-order valence-electron chi connectivity index (χ1n) is 7.36. The van der Waals surface area contributed by atoms with Gasteiger partial charge in [-0.3, -0.25) is 0 Å². The summed E-state index contributed by atoms with van der Waals surface area (Å²) in [6, 6.07) is 16.2. The molecule has 0 aromatic heterocycles. The van der Waals surface area contributed by atoms with Crippen LogP contribution < -0.4 is 4.74 Å². The molecule has 0 saturated heterocycles. The molecule has 0 spiro atoms. The summed E-state index contributed by atoms with van der Waals surface area (Å²) < 4.78 is 5.98. The average molecular weight is 338 g/mol. The van der Waals surface area contributed by atoms with Gasteiger partial charge >= 0.3 is 0 Å². The monoisotopic (exact) mass is 338 g/mol. The van der Waals surface area contributed by atoms with Crippen LogP contribution in [0, 0.1) is 5.92 Å². The van der Waals surface area contributed by atoms with Crippen molar-refractivity contribution in [1.82, 2.24) is 0 Å². The van der Waals surface area contributed by atoms with E-state index in [2.05, 4.69) is 34.4 Å². The molecule has 0 aliphatic carbocycles. The molecule has 0 N–H and O–H groups in total. The number of hydrogen-bond acceptors (Lipinski definition) is 4. The van der Waals surface area contributed by atoms with Crippen LogP contribution in [0.5, 0.6) is 5.75 Å². The van der Waals surface area contributed by atoms with E-state index in [1.165, 1.54) is 4.90 Å². The van der Waals surface area contributed by atoms with E-state index in [0.29, 0.717) is 16.7 Å². The van der Waals surface area contributed by atoms with Gasteiger partial charge in [-0.2, -0.15) is 4.99 Å². The second kappa shape index (κ2) is 5.91. The van der Waals surface area contributed by atoms with Gasteiger partial charge in [0.2, 0.25) is 5.90 Å². The molecule has 0 fully saturated rings. The topological polar surface area (TPSA) is 34.0 Å². The first kappa shape index (κ1) is 14.6. The summed E-state index contributed by atoms with van der Waals surface area (Å²) in [7, 11) is 0. The first-order chi connectivity index (χ1) is 11.2. The minimum Gasteiger partial charge on any atom is -0.442 e. The largest absolute Gasteiger partial charge is 0.442 e. The van der Waals surface area contributed by atoms with E-state index in [1.807, 2.05) is 30.3 Å². The molecule has 3 nitrogen and oxygen atoms in total. The van der Waals surface area contributed by atoms with Crippen LogP contribution in [0.3, 0.4) is 0 Å². The number of hydrogen-bond donors (Lipinski definition) is 0. The summed E-state index contributed by atoms with van der Waals surface area (Å²) in [5.41, 5.74) is 2.11. The number of ether oxygens (including phenoxy) is 1. The highest BCUT2D eigenvalue weighted by atomic mass is 32.2. The van der Waals surface area contributed by atoms with Crippen molar-refractivity contribution in [3.05, 3.63) is 59.7 Å². The molecule has 2 aliphatic rings. The maximum absolute atomic E-state index is 5.98. The van der Waals surface area contributed by atoms with Gasteiger partial charge in [0.15, 0.2) is 5.84 Å². The lowest BCUT2D eigenvalue weighted by Crippen LogP contribution is -2.36. The lowest BCUT2D eigenvalue weighted by atomic mass is 9.94. The second-order valence-electron chi connectivity index (χ2n) is 5.42. The average Bonchev–Trinajstić information content (AvgIpc) is 2.60. The quantitative estimate of drug-likeness (QED) is 0.609. The summed E-state index contributed by atoms with van der Waals surface area (Å²) in [4.78, 5) is 11.0. The van der Waals surface area contributed by atoms with E-state index in [0.717, 1.165) is 23.3 Å². The third-order valence-electron chi connectivity index (χ3n) is 3.99. The summed E-state index contributed by atoms with van der Waals surface area (Å²) in [5, 5.41) is 0. The molecule has 1 atom stereocenters. The normalized spacial score (nSPS) is 19.2. The lowest BCUT2D eigenvalue weighted by Gasteiger charge is -2.28. The molecule has 0 amide bonds. The number of thioether (sulfide) groups is 1. The smallest absolute Gasteiger partial charge is 0.207 e. The summed E-state index contributed by atoms with van der Waals surface area (Å²) in [5.74, 6) is 2.12. The van der Waals surface area contributed by atoms with Crippen LogP contribution in [0.25, 0.3) is 0 Å². The SMILES string of the molecule is CSc1ccc(C2=NC(=S)C3Cc4ccccc4OC3=N2)cc1. The molecular weight excluding hydrogens is 324 g/mol. The molecule has 2 aromatic rings. The molecule has 2 heterocycles. The molecule has 2 aliphatic heterocycles. The van der Waals surface area contributed by atoms with Gasteiger partial charge in [-0.05, 0) is 36.4 Å². The molecule has 2 aromatic carbocycles. The zero-order valence-corrected chi connectivity index (χ0v) is 14.2. The highest BCUT2D eigenvalue weighted by Crippen LogP contribution is 2.31. The Morgan fingerprint density at radius 2 is 1.87 bits per heavy atom. The number of para-hydroxylation sites is 1. The molecule has 0 bridgehead atoms. The van der Waals surface area contributed by atoms with E-state index >= 15 is 0 Å². The molecule has 4 rings (SSSR count). The molecule has 5 heteroatoms. The van der Waals surface area contributed by atoms with E-state index < -0.39 is 0 Å². The third-order valence-corrected chi connectivity index (χ3v) is 5.11. The van der Waals surface area contributed by atoms with Crippen molar-refractivity contribution in [2.24, 2.45) is 15.9 Å². The van der Waals surface area contributed by atoms with Crippen molar-refractivity contribution >= 4 is 40.7 Å². The van der Waals surface area contributed by atoms with Crippen LogP contribution in [0.1, 0.15) is 11.1 Å². The van der Waals surface area contributed by atoms with Crippen molar-refractivity contribution < 1.29 is 4.74 Å². The van der Waals surface area contributed by atoms with Crippen LogP contribution in [0.4, 0.5) is 0 Å². The summed E-state index contributed by atoms with van der Waals surface area (Å²) >= 11 is 7.21. The van der Waals surface area contributed by atoms with Gasteiger partial charge < -0.3 is 4.74 Å². The van der Waals surface area contributed by atoms with Gasteiger partial charge in [-0.25, -0.2) is 4.99 Å². The number of rotatable bonds is 2. The number of benzene rings is 2. The Hall–Kier alpha value is -1.98. The fourth-order valence-electron chi connectivity index (χ4n) is 2.74. The van der Waals surface area contributed by atoms with Gasteiger partial charge in [0.25, 0.3) is 0 Å². The van der Waals surface area contributed by atoms with E-state index in [4.69, 9.17) is 17.0 Å². The predicted octanol–water partition coefficient (Wildman–Crippen LogP) is 4.15. The summed E-state index contributed by atoms with van der Waals surface area (Å²) in [6.45, 7) is 0. The van der Waals surface area contributed by atoms with E-state index in [1.54, 1.807) is 11.8 Å². The number of thiocarbonyl (C=S) groups is 1. The molecule has 0 radical (unpaired) electrons. The zero-order chi connectivity index (χ0) is 15.8. The Kier molecular flexibility index (Phi) is 3.75. The van der Waals surface area contributed by atoms with Crippen LogP contribution in [0.2, 0.25) is 0 Å². The Balaban J connectivity index is 1.70. The Morgan fingerprint density at radius 1 is 1.09 bits per heavy atom. The molecule has 0 saturated carbocycles. The highest BCUT2D eigenvalue weighted by Gasteiger charge is 2.33. The first-order valence-corrected chi connectivity index (χ1v) is 8.99. The number of aliphatic imine (C=N–C) groups is 2. The molecular formula is C18H14N2OS2. The second-order valence-corrected chi connectivity index (χ2v) is 6.72. The lowest BCUT2D eigenvalue weighted by molar-refractivity contribution is 0.482. The van der Waals surface area contributed by atoms with Crippen LogP contribution in [-0.2, 0) is 6.42 Å². The van der Waals surface area contributed by atoms with Crippen molar-refractivity contribution in [3.63, 3.8) is 0 Å². The van der Waals surface area contributed by atoms with E-state index in [-0.39, 0.29) is 5.92 Å². The van der Waals surface area contributed by atoms with Gasteiger partial charge in [-0.1, -0.05) is 42.5 Å². The fraction of sp³-hybridized carbons (Fsp3) is 0.167. The van der Waals surface area contributed by atoms with Crippen molar-refractivity contribution in [1.29, 1.82) is 0 Å². The van der Waals surface area contributed by atoms with E-state index in [9.17, 15) is 0 Å². The van der Waals surface area contributed by atoms with Gasteiger partial charge in [0.05, 0.1) is 5.92 Å². The van der Waals surface area contributed by atoms with Gasteiger partial charge in [0.1, 0.15) is 10.7 Å². The molecule has 114 valence electrons. The number of amidine groups is 1. The minimum atomic E-state index is -0.0332. The predicted molar refractivity (Wildman–Crippen MR) is 99.1 cm³/mol. The number of nitrogens with zero attached hydrogens (tertiary/aromatic N) is 2.